The molecule has 164 valence electrons. The average Bonchev–Trinajstić information content (AvgIpc) is 2.80. The molecule has 0 unspecified atom stereocenters. The summed E-state index contributed by atoms with van der Waals surface area (Å²) in [6.45, 7) is 3.67. The lowest BCUT2D eigenvalue weighted by Gasteiger charge is -2.35. The van der Waals surface area contributed by atoms with E-state index in [4.69, 9.17) is 14.2 Å². The highest BCUT2D eigenvalue weighted by atomic mass is 16.6. The van der Waals surface area contributed by atoms with Crippen LogP contribution in [0.1, 0.15) is 36.5 Å². The van der Waals surface area contributed by atoms with Crippen molar-refractivity contribution in [2.24, 2.45) is 0 Å². The zero-order valence-electron chi connectivity index (χ0n) is 18.0. The number of nitrogens with zero attached hydrogens (tertiary/aromatic N) is 1. The van der Waals surface area contributed by atoms with Crippen molar-refractivity contribution in [1.29, 1.82) is 0 Å². The number of rotatable bonds is 7. The van der Waals surface area contributed by atoms with E-state index >= 15 is 0 Å². The second-order valence-electron chi connectivity index (χ2n) is 7.71. The maximum absolute atomic E-state index is 12.7. The van der Waals surface area contributed by atoms with Crippen molar-refractivity contribution in [2.45, 2.75) is 38.8 Å². The summed E-state index contributed by atoms with van der Waals surface area (Å²) in [7, 11) is 1.29. The van der Waals surface area contributed by atoms with Gasteiger partial charge in [0.2, 0.25) is 0 Å². The van der Waals surface area contributed by atoms with Crippen LogP contribution in [0.4, 0.5) is 0 Å². The fourth-order valence-corrected chi connectivity index (χ4v) is 3.49. The van der Waals surface area contributed by atoms with Crippen LogP contribution in [0.2, 0.25) is 0 Å². The van der Waals surface area contributed by atoms with Crippen molar-refractivity contribution >= 4 is 17.8 Å². The van der Waals surface area contributed by atoms with Gasteiger partial charge in [-0.1, -0.05) is 50.2 Å². The maximum atomic E-state index is 12.7. The number of hydrogen-bond donors (Lipinski definition) is 0. The van der Waals surface area contributed by atoms with Crippen LogP contribution in [0.15, 0.2) is 48.5 Å². The Morgan fingerprint density at radius 1 is 1.00 bits per heavy atom. The molecular formula is C24H27NO6. The molecule has 0 fully saturated rings. The number of ether oxygens (including phenoxy) is 3. The van der Waals surface area contributed by atoms with Crippen LogP contribution in [0.25, 0.3) is 0 Å². The summed E-state index contributed by atoms with van der Waals surface area (Å²) in [5.74, 6) is -0.665. The third-order valence-electron chi connectivity index (χ3n) is 5.30. The molecule has 0 spiro atoms. The molecule has 0 aliphatic carbocycles. The number of benzene rings is 2. The van der Waals surface area contributed by atoms with Crippen molar-refractivity contribution in [1.82, 2.24) is 4.90 Å². The highest BCUT2D eigenvalue weighted by Gasteiger charge is 2.35. The van der Waals surface area contributed by atoms with Gasteiger partial charge in [-0.25, -0.2) is 9.59 Å². The van der Waals surface area contributed by atoms with Gasteiger partial charge in [0.1, 0.15) is 11.8 Å². The fraction of sp³-hybridized carbons (Fsp3) is 0.375. The third kappa shape index (κ3) is 5.63. The van der Waals surface area contributed by atoms with Crippen LogP contribution in [0.3, 0.4) is 0 Å². The van der Waals surface area contributed by atoms with Gasteiger partial charge in [0.15, 0.2) is 13.2 Å². The highest BCUT2D eigenvalue weighted by molar-refractivity contribution is 5.87. The average molecular weight is 425 g/mol. The SMILES string of the molecule is COC(=O)[C@@H]1Cc2ccccc2CN1C(=O)COC(=O)COc1ccc(C(C)C)cc1. The van der Waals surface area contributed by atoms with Gasteiger partial charge >= 0.3 is 11.9 Å². The quantitative estimate of drug-likeness (QED) is 0.635. The summed E-state index contributed by atoms with van der Waals surface area (Å²) in [6, 6.07) is 14.3. The number of carbonyl (C=O) groups excluding carboxylic acids is 3. The minimum atomic E-state index is -0.748. The number of esters is 2. The molecule has 0 bridgehead atoms. The Morgan fingerprint density at radius 2 is 1.68 bits per heavy atom. The lowest BCUT2D eigenvalue weighted by molar-refractivity contribution is -0.160. The summed E-state index contributed by atoms with van der Waals surface area (Å²) in [5, 5.41) is 0. The molecule has 7 heteroatoms. The van der Waals surface area contributed by atoms with Crippen molar-refractivity contribution in [2.75, 3.05) is 20.3 Å². The van der Waals surface area contributed by atoms with E-state index in [-0.39, 0.29) is 13.2 Å². The molecule has 3 rings (SSSR count). The summed E-state index contributed by atoms with van der Waals surface area (Å²) in [6.07, 6.45) is 0.359. The molecule has 0 saturated heterocycles. The molecule has 0 aromatic heterocycles. The normalized spacial score (nSPS) is 15.2. The fourth-order valence-electron chi connectivity index (χ4n) is 3.49. The molecule has 1 aliphatic heterocycles. The zero-order chi connectivity index (χ0) is 22.4. The van der Waals surface area contributed by atoms with E-state index in [9.17, 15) is 14.4 Å². The summed E-state index contributed by atoms with van der Waals surface area (Å²) < 4.78 is 15.4. The molecule has 7 nitrogen and oxygen atoms in total. The van der Waals surface area contributed by atoms with Crippen LogP contribution in [0.5, 0.6) is 5.75 Å². The van der Waals surface area contributed by atoms with Crippen LogP contribution < -0.4 is 4.74 Å². The van der Waals surface area contributed by atoms with Gasteiger partial charge in [0, 0.05) is 13.0 Å². The van der Waals surface area contributed by atoms with Crippen molar-refractivity contribution in [3.8, 4) is 5.75 Å². The standard InChI is InChI=1S/C24H27NO6/c1-16(2)17-8-10-20(11-9-17)30-15-23(27)31-14-22(26)25-13-19-7-5-4-6-18(19)12-21(25)24(28)29-3/h4-11,16,21H,12-15H2,1-3H3/t21-/m0/s1. The Balaban J connectivity index is 1.54. The van der Waals surface area contributed by atoms with Crippen molar-refractivity contribution in [3.63, 3.8) is 0 Å². The molecule has 0 N–H and O–H groups in total. The Bertz CT molecular complexity index is 937. The number of hydrogen-bond acceptors (Lipinski definition) is 6. The van der Waals surface area contributed by atoms with Gasteiger partial charge in [0.25, 0.3) is 5.91 Å². The predicted molar refractivity (Wildman–Crippen MR) is 113 cm³/mol. The molecule has 31 heavy (non-hydrogen) atoms. The molecule has 0 radical (unpaired) electrons. The molecule has 0 saturated carbocycles. The van der Waals surface area contributed by atoms with Crippen molar-refractivity contribution in [3.05, 3.63) is 65.2 Å². The first-order valence-corrected chi connectivity index (χ1v) is 10.2. The molecule has 1 aliphatic rings. The smallest absolute Gasteiger partial charge is 0.344 e. The molecule has 2 aromatic rings. The van der Waals surface area contributed by atoms with E-state index in [1.807, 2.05) is 36.4 Å². The largest absolute Gasteiger partial charge is 0.482 e. The Labute approximate surface area is 181 Å². The van der Waals surface area contributed by atoms with Crippen molar-refractivity contribution < 1.29 is 28.6 Å². The first-order valence-electron chi connectivity index (χ1n) is 10.2. The summed E-state index contributed by atoms with van der Waals surface area (Å²) >= 11 is 0. The maximum Gasteiger partial charge on any atom is 0.344 e. The lowest BCUT2D eigenvalue weighted by Crippen LogP contribution is -2.50. The van der Waals surface area contributed by atoms with Gasteiger partial charge < -0.3 is 19.1 Å². The van der Waals surface area contributed by atoms with Gasteiger partial charge in [-0.05, 0) is 34.7 Å². The molecule has 1 amide bonds. The van der Waals surface area contributed by atoms with Gasteiger partial charge in [-0.3, -0.25) is 4.79 Å². The molecule has 1 atom stereocenters. The summed E-state index contributed by atoms with van der Waals surface area (Å²) in [5.41, 5.74) is 3.12. The van der Waals surface area contributed by atoms with Gasteiger partial charge in [-0.2, -0.15) is 0 Å². The summed E-state index contributed by atoms with van der Waals surface area (Å²) in [4.78, 5) is 38.4. The highest BCUT2D eigenvalue weighted by Crippen LogP contribution is 2.24. The first kappa shape index (κ1) is 22.3. The topological polar surface area (TPSA) is 82.1 Å². The van der Waals surface area contributed by atoms with Crippen LogP contribution >= 0.6 is 0 Å². The Morgan fingerprint density at radius 3 is 2.32 bits per heavy atom. The number of fused-ring (bicyclic) bond motifs is 1. The molecule has 2 aromatic carbocycles. The van der Waals surface area contributed by atoms with E-state index in [2.05, 4.69) is 13.8 Å². The Hall–Kier alpha value is -3.35. The molecular weight excluding hydrogens is 398 g/mol. The number of methoxy groups -OCH3 is 1. The third-order valence-corrected chi connectivity index (χ3v) is 5.30. The first-order chi connectivity index (χ1) is 14.9. The Kier molecular flexibility index (Phi) is 7.28. The molecule has 1 heterocycles. The lowest BCUT2D eigenvalue weighted by atomic mass is 9.94. The zero-order valence-corrected chi connectivity index (χ0v) is 18.0. The van der Waals surface area contributed by atoms with Crippen LogP contribution in [-0.2, 0) is 36.8 Å². The van der Waals surface area contributed by atoms with E-state index < -0.39 is 30.5 Å². The predicted octanol–water partition coefficient (Wildman–Crippen LogP) is 2.86. The van der Waals surface area contributed by atoms with E-state index in [0.717, 1.165) is 11.1 Å². The van der Waals surface area contributed by atoms with Crippen LogP contribution in [0, 0.1) is 0 Å². The second-order valence-corrected chi connectivity index (χ2v) is 7.71. The minimum absolute atomic E-state index is 0.255. The van der Waals surface area contributed by atoms with Crippen LogP contribution in [-0.4, -0.2) is 49.1 Å². The number of amides is 1. The van der Waals surface area contributed by atoms with E-state index in [1.165, 1.54) is 17.6 Å². The van der Waals surface area contributed by atoms with E-state index in [1.54, 1.807) is 12.1 Å². The van der Waals surface area contributed by atoms with E-state index in [0.29, 0.717) is 18.1 Å². The van der Waals surface area contributed by atoms with Gasteiger partial charge in [-0.15, -0.1) is 0 Å². The minimum Gasteiger partial charge on any atom is -0.482 e. The number of carbonyl (C=O) groups is 3. The monoisotopic (exact) mass is 425 g/mol. The van der Waals surface area contributed by atoms with Gasteiger partial charge in [0.05, 0.1) is 7.11 Å². The second kappa shape index (κ2) is 10.1.